The fourth-order valence-corrected chi connectivity index (χ4v) is 2.83. The number of halogens is 3. The highest BCUT2D eigenvalue weighted by molar-refractivity contribution is 6.31. The smallest absolute Gasteiger partial charge is 0.148 e. The molecule has 1 aromatic carbocycles. The second kappa shape index (κ2) is 6.10. The van der Waals surface area contributed by atoms with Crippen molar-refractivity contribution < 1.29 is 4.39 Å². The Balaban J connectivity index is 1.81. The van der Waals surface area contributed by atoms with E-state index in [-0.39, 0.29) is 5.82 Å². The van der Waals surface area contributed by atoms with E-state index in [1.807, 2.05) is 17.6 Å². The Morgan fingerprint density at radius 2 is 2.00 bits per heavy atom. The molecule has 3 rings (SSSR count). The summed E-state index contributed by atoms with van der Waals surface area (Å²) in [4.78, 5) is 7.88. The van der Waals surface area contributed by atoms with E-state index >= 15 is 0 Å². The molecule has 0 aliphatic rings. The van der Waals surface area contributed by atoms with Gasteiger partial charge in [0.1, 0.15) is 23.1 Å². The number of hydrogen-bond acceptors (Lipinski definition) is 3. The Morgan fingerprint density at radius 3 is 2.77 bits per heavy atom. The Morgan fingerprint density at radius 1 is 1.18 bits per heavy atom. The maximum atomic E-state index is 14.2. The molecular formula is C15H13Cl2FN4. The van der Waals surface area contributed by atoms with Crippen molar-refractivity contribution in [3.63, 3.8) is 0 Å². The van der Waals surface area contributed by atoms with Crippen molar-refractivity contribution in [2.75, 3.05) is 11.9 Å². The minimum Gasteiger partial charge on any atom is -0.368 e. The average Bonchev–Trinajstić information content (AvgIpc) is 2.75. The van der Waals surface area contributed by atoms with Crippen LogP contribution in [0.3, 0.4) is 0 Å². The van der Waals surface area contributed by atoms with E-state index in [1.165, 1.54) is 12.4 Å². The number of nitrogens with one attached hydrogen (secondary N) is 1. The van der Waals surface area contributed by atoms with Gasteiger partial charge in [0.2, 0.25) is 0 Å². The molecule has 7 heteroatoms. The summed E-state index contributed by atoms with van der Waals surface area (Å²) < 4.78 is 16.1. The summed E-state index contributed by atoms with van der Waals surface area (Å²) in [7, 11) is 0. The molecule has 0 atom stereocenters. The molecule has 1 N–H and O–H groups in total. The van der Waals surface area contributed by atoms with Gasteiger partial charge in [0.15, 0.2) is 0 Å². The minimum absolute atomic E-state index is 0.319. The van der Waals surface area contributed by atoms with Gasteiger partial charge >= 0.3 is 0 Å². The van der Waals surface area contributed by atoms with Crippen molar-refractivity contribution in [3.05, 3.63) is 52.3 Å². The van der Waals surface area contributed by atoms with Crippen LogP contribution in [0.15, 0.2) is 30.6 Å². The van der Waals surface area contributed by atoms with Crippen molar-refractivity contribution in [1.82, 2.24) is 14.5 Å². The van der Waals surface area contributed by atoms with Gasteiger partial charge in [-0.3, -0.25) is 0 Å². The zero-order chi connectivity index (χ0) is 15.7. The number of aromatic nitrogens is 3. The molecule has 0 bridgehead atoms. The van der Waals surface area contributed by atoms with Crippen molar-refractivity contribution >= 4 is 39.9 Å². The second-order valence-corrected chi connectivity index (χ2v) is 5.74. The third kappa shape index (κ3) is 3.00. The molecule has 0 amide bonds. The third-order valence-electron chi connectivity index (χ3n) is 3.39. The molecule has 0 aliphatic carbocycles. The van der Waals surface area contributed by atoms with Gasteiger partial charge in [0.05, 0.1) is 5.52 Å². The molecule has 3 aromatic rings. The van der Waals surface area contributed by atoms with Gasteiger partial charge in [-0.05, 0) is 25.1 Å². The molecule has 2 aromatic heterocycles. The van der Waals surface area contributed by atoms with E-state index in [2.05, 4.69) is 15.3 Å². The number of aryl methyl sites for hydroxylation is 1. The van der Waals surface area contributed by atoms with Crippen LogP contribution in [-0.4, -0.2) is 21.1 Å². The molecule has 0 spiro atoms. The van der Waals surface area contributed by atoms with Gasteiger partial charge in [0.25, 0.3) is 0 Å². The van der Waals surface area contributed by atoms with Crippen LogP contribution >= 0.6 is 23.2 Å². The van der Waals surface area contributed by atoms with Crippen LogP contribution in [0.2, 0.25) is 10.2 Å². The summed E-state index contributed by atoms with van der Waals surface area (Å²) in [5, 5.41) is 4.72. The van der Waals surface area contributed by atoms with Crippen molar-refractivity contribution in [3.8, 4) is 0 Å². The lowest BCUT2D eigenvalue weighted by atomic mass is 10.2. The van der Waals surface area contributed by atoms with Crippen LogP contribution in [0.1, 0.15) is 5.69 Å². The van der Waals surface area contributed by atoms with E-state index in [4.69, 9.17) is 23.2 Å². The fourth-order valence-electron chi connectivity index (χ4n) is 2.47. The first-order valence-electron chi connectivity index (χ1n) is 6.71. The van der Waals surface area contributed by atoms with Gasteiger partial charge in [0, 0.05) is 35.3 Å². The summed E-state index contributed by atoms with van der Waals surface area (Å²) in [6.45, 7) is 3.12. The second-order valence-electron chi connectivity index (χ2n) is 4.92. The molecule has 0 radical (unpaired) electrons. The van der Waals surface area contributed by atoms with Gasteiger partial charge in [-0.25, -0.2) is 14.4 Å². The zero-order valence-corrected chi connectivity index (χ0v) is 13.3. The van der Waals surface area contributed by atoms with Crippen LogP contribution in [0, 0.1) is 12.7 Å². The van der Waals surface area contributed by atoms with Crippen LogP contribution in [0.25, 0.3) is 10.9 Å². The first kappa shape index (κ1) is 15.1. The van der Waals surface area contributed by atoms with Crippen LogP contribution in [0.5, 0.6) is 0 Å². The lowest BCUT2D eigenvalue weighted by Crippen LogP contribution is -2.12. The number of hydrogen-bond donors (Lipinski definition) is 1. The van der Waals surface area contributed by atoms with Crippen molar-refractivity contribution in [2.45, 2.75) is 13.5 Å². The Hall–Kier alpha value is -1.85. The highest BCUT2D eigenvalue weighted by Gasteiger charge is 2.11. The fraction of sp³-hybridized carbons (Fsp3) is 0.200. The highest BCUT2D eigenvalue weighted by Crippen LogP contribution is 2.26. The lowest BCUT2D eigenvalue weighted by molar-refractivity contribution is 0.621. The SMILES string of the molecule is Cc1cc2cc(Cl)cc(F)c2n1CCNc1cc(Cl)ncn1. The summed E-state index contributed by atoms with van der Waals surface area (Å²) in [5.74, 6) is 0.318. The van der Waals surface area contributed by atoms with Gasteiger partial charge in [-0.15, -0.1) is 0 Å². The van der Waals surface area contributed by atoms with Crippen LogP contribution in [-0.2, 0) is 6.54 Å². The predicted molar refractivity (Wildman–Crippen MR) is 87.2 cm³/mol. The quantitative estimate of drug-likeness (QED) is 0.721. The third-order valence-corrected chi connectivity index (χ3v) is 3.82. The average molecular weight is 339 g/mol. The van der Waals surface area contributed by atoms with Crippen LogP contribution < -0.4 is 5.32 Å². The molecule has 0 saturated carbocycles. The Kier molecular flexibility index (Phi) is 4.18. The van der Waals surface area contributed by atoms with E-state index in [1.54, 1.807) is 12.1 Å². The number of fused-ring (bicyclic) bond motifs is 1. The van der Waals surface area contributed by atoms with Crippen molar-refractivity contribution in [1.29, 1.82) is 0 Å². The Labute approximate surface area is 136 Å². The summed E-state index contributed by atoms with van der Waals surface area (Å²) in [6.07, 6.45) is 1.39. The van der Waals surface area contributed by atoms with E-state index < -0.39 is 0 Å². The van der Waals surface area contributed by atoms with Gasteiger partial charge < -0.3 is 9.88 Å². The summed E-state index contributed by atoms with van der Waals surface area (Å²) in [6, 6.07) is 6.66. The minimum atomic E-state index is -0.319. The number of benzene rings is 1. The molecule has 4 nitrogen and oxygen atoms in total. The molecule has 22 heavy (non-hydrogen) atoms. The maximum absolute atomic E-state index is 14.2. The molecule has 2 heterocycles. The van der Waals surface area contributed by atoms with Crippen molar-refractivity contribution in [2.24, 2.45) is 0 Å². The maximum Gasteiger partial charge on any atom is 0.148 e. The van der Waals surface area contributed by atoms with E-state index in [0.29, 0.717) is 34.6 Å². The largest absolute Gasteiger partial charge is 0.368 e. The monoisotopic (exact) mass is 338 g/mol. The molecule has 114 valence electrons. The molecule has 0 fully saturated rings. The molecule has 0 unspecified atom stereocenters. The topological polar surface area (TPSA) is 42.7 Å². The van der Waals surface area contributed by atoms with E-state index in [0.717, 1.165) is 11.1 Å². The van der Waals surface area contributed by atoms with E-state index in [9.17, 15) is 4.39 Å². The zero-order valence-electron chi connectivity index (χ0n) is 11.8. The standard InChI is InChI=1S/C15H13Cl2FN4/c1-9-4-10-5-11(16)6-12(18)15(10)22(9)3-2-19-14-7-13(17)20-8-21-14/h4-8H,2-3H2,1H3,(H,19,20,21). The summed E-state index contributed by atoms with van der Waals surface area (Å²) >= 11 is 11.7. The first-order valence-corrected chi connectivity index (χ1v) is 7.46. The molecule has 0 aliphatic heterocycles. The Bertz CT molecular complexity index is 832. The predicted octanol–water partition coefficient (Wildman–Crippen LogP) is 4.30. The number of rotatable bonds is 4. The normalized spacial score (nSPS) is 11.1. The number of anilines is 1. The number of nitrogens with zero attached hydrogens (tertiary/aromatic N) is 3. The van der Waals surface area contributed by atoms with Gasteiger partial charge in [-0.1, -0.05) is 23.2 Å². The van der Waals surface area contributed by atoms with Crippen LogP contribution in [0.4, 0.5) is 10.2 Å². The molecular weight excluding hydrogens is 326 g/mol. The van der Waals surface area contributed by atoms with Gasteiger partial charge in [-0.2, -0.15) is 0 Å². The highest BCUT2D eigenvalue weighted by atomic mass is 35.5. The summed E-state index contributed by atoms with van der Waals surface area (Å²) in [5.41, 5.74) is 1.53. The molecule has 0 saturated heterocycles. The first-order chi connectivity index (χ1) is 10.5. The lowest BCUT2D eigenvalue weighted by Gasteiger charge is -2.10.